The highest BCUT2D eigenvalue weighted by Gasteiger charge is 2.32. The van der Waals surface area contributed by atoms with Gasteiger partial charge in [0.25, 0.3) is 5.91 Å². The van der Waals surface area contributed by atoms with Gasteiger partial charge in [-0.2, -0.15) is 11.8 Å². The summed E-state index contributed by atoms with van der Waals surface area (Å²) in [7, 11) is 0. The largest absolute Gasteiger partial charge is 0.387 e. The van der Waals surface area contributed by atoms with Crippen molar-refractivity contribution in [1.82, 2.24) is 10.3 Å². The molecule has 3 rings (SSSR count). The number of carbonyl (C=O) groups excluding carboxylic acids is 1. The Kier molecular flexibility index (Phi) is 4.28. The number of hydrogen-bond donors (Lipinski definition) is 2. The Hall–Kier alpha value is -1.37. The number of benzene rings is 1. The first-order chi connectivity index (χ1) is 10.2. The molecule has 1 aliphatic heterocycles. The molecular formula is C15H16N2O2S2. The predicted octanol–water partition coefficient (Wildman–Crippen LogP) is 2.41. The molecule has 0 radical (unpaired) electrons. The fourth-order valence-corrected chi connectivity index (χ4v) is 4.26. The van der Waals surface area contributed by atoms with E-state index >= 15 is 0 Å². The maximum absolute atomic E-state index is 12.1. The summed E-state index contributed by atoms with van der Waals surface area (Å²) in [5, 5.41) is 15.6. The van der Waals surface area contributed by atoms with E-state index in [1.165, 1.54) is 11.3 Å². The van der Waals surface area contributed by atoms with E-state index < -0.39 is 5.60 Å². The molecule has 0 aliphatic carbocycles. The van der Waals surface area contributed by atoms with Crippen molar-refractivity contribution >= 4 is 29.0 Å². The van der Waals surface area contributed by atoms with Gasteiger partial charge in [-0.1, -0.05) is 30.3 Å². The molecule has 1 amide bonds. The summed E-state index contributed by atoms with van der Waals surface area (Å²) < 4.78 is 0. The van der Waals surface area contributed by atoms with Gasteiger partial charge in [0.15, 0.2) is 0 Å². The number of hydrogen-bond acceptors (Lipinski definition) is 5. The average Bonchev–Trinajstić information content (AvgIpc) is 3.16. The minimum Gasteiger partial charge on any atom is -0.387 e. The fourth-order valence-electron chi connectivity index (χ4n) is 2.16. The summed E-state index contributed by atoms with van der Waals surface area (Å²) in [6, 6.07) is 9.79. The molecule has 1 saturated heterocycles. The van der Waals surface area contributed by atoms with E-state index in [0.29, 0.717) is 11.4 Å². The van der Waals surface area contributed by atoms with Crippen LogP contribution in [-0.2, 0) is 0 Å². The van der Waals surface area contributed by atoms with Crippen molar-refractivity contribution < 1.29 is 9.90 Å². The van der Waals surface area contributed by atoms with Crippen LogP contribution in [0.25, 0.3) is 10.6 Å². The Balaban J connectivity index is 1.64. The van der Waals surface area contributed by atoms with Gasteiger partial charge in [0.1, 0.15) is 10.7 Å². The molecule has 0 bridgehead atoms. The van der Waals surface area contributed by atoms with Crippen LogP contribution in [0, 0.1) is 0 Å². The third kappa shape index (κ3) is 3.45. The van der Waals surface area contributed by atoms with Crippen LogP contribution in [0.4, 0.5) is 0 Å². The number of nitrogens with one attached hydrogen (secondary N) is 1. The molecule has 2 N–H and O–H groups in total. The number of carbonyl (C=O) groups is 1. The molecular weight excluding hydrogens is 304 g/mol. The minimum atomic E-state index is -0.765. The molecule has 1 aromatic heterocycles. The molecule has 0 unspecified atom stereocenters. The van der Waals surface area contributed by atoms with Crippen LogP contribution in [0.1, 0.15) is 16.9 Å². The molecule has 1 aliphatic rings. The molecule has 2 heterocycles. The molecule has 21 heavy (non-hydrogen) atoms. The Morgan fingerprint density at radius 2 is 2.19 bits per heavy atom. The van der Waals surface area contributed by atoms with Gasteiger partial charge >= 0.3 is 0 Å². The molecule has 1 fully saturated rings. The lowest BCUT2D eigenvalue weighted by Gasteiger charge is -2.21. The van der Waals surface area contributed by atoms with E-state index in [4.69, 9.17) is 0 Å². The summed E-state index contributed by atoms with van der Waals surface area (Å²) >= 11 is 3.16. The smallest absolute Gasteiger partial charge is 0.270 e. The van der Waals surface area contributed by atoms with Crippen molar-refractivity contribution in [2.75, 3.05) is 18.1 Å². The Labute approximate surface area is 131 Å². The standard InChI is InChI=1S/C15H16N2O2S2/c18-13(16-9-15(19)6-7-20-10-15)12-8-21-14(17-12)11-4-2-1-3-5-11/h1-5,8,19H,6-7,9-10H2,(H,16,18)/t15-/m0/s1. The van der Waals surface area contributed by atoms with Crippen molar-refractivity contribution in [2.45, 2.75) is 12.0 Å². The highest BCUT2D eigenvalue weighted by atomic mass is 32.2. The van der Waals surface area contributed by atoms with Crippen molar-refractivity contribution in [3.8, 4) is 10.6 Å². The summed E-state index contributed by atoms with van der Waals surface area (Å²) in [6.07, 6.45) is 0.726. The highest BCUT2D eigenvalue weighted by molar-refractivity contribution is 7.99. The van der Waals surface area contributed by atoms with Gasteiger partial charge in [-0.25, -0.2) is 4.98 Å². The summed E-state index contributed by atoms with van der Waals surface area (Å²) in [5.74, 6) is 1.40. The van der Waals surface area contributed by atoms with E-state index in [9.17, 15) is 9.90 Å². The second-order valence-corrected chi connectivity index (χ2v) is 7.08. The van der Waals surface area contributed by atoms with Crippen LogP contribution < -0.4 is 5.32 Å². The fraction of sp³-hybridized carbons (Fsp3) is 0.333. The molecule has 110 valence electrons. The zero-order valence-electron chi connectivity index (χ0n) is 11.4. The lowest BCUT2D eigenvalue weighted by molar-refractivity contribution is 0.0611. The van der Waals surface area contributed by atoms with E-state index in [0.717, 1.165) is 22.7 Å². The van der Waals surface area contributed by atoms with E-state index in [1.54, 1.807) is 17.1 Å². The topological polar surface area (TPSA) is 62.2 Å². The zero-order valence-corrected chi connectivity index (χ0v) is 13.0. The molecule has 0 spiro atoms. The normalized spacial score (nSPS) is 21.4. The van der Waals surface area contributed by atoms with Gasteiger partial charge in [0, 0.05) is 23.2 Å². The van der Waals surface area contributed by atoms with Gasteiger partial charge in [0.05, 0.1) is 5.60 Å². The highest BCUT2D eigenvalue weighted by Crippen LogP contribution is 2.27. The number of rotatable bonds is 4. The Morgan fingerprint density at radius 3 is 2.90 bits per heavy atom. The van der Waals surface area contributed by atoms with E-state index in [1.807, 2.05) is 30.3 Å². The first-order valence-corrected chi connectivity index (χ1v) is 8.79. The molecule has 6 heteroatoms. The van der Waals surface area contributed by atoms with Crippen LogP contribution in [0.3, 0.4) is 0 Å². The third-order valence-corrected chi connectivity index (χ3v) is 5.54. The van der Waals surface area contributed by atoms with Crippen molar-refractivity contribution in [2.24, 2.45) is 0 Å². The molecule has 4 nitrogen and oxygen atoms in total. The quantitative estimate of drug-likeness (QED) is 0.908. The number of nitrogens with zero attached hydrogens (tertiary/aromatic N) is 1. The van der Waals surface area contributed by atoms with Crippen molar-refractivity contribution in [3.05, 3.63) is 41.4 Å². The summed E-state index contributed by atoms with van der Waals surface area (Å²) in [5.41, 5.74) is 0.652. The van der Waals surface area contributed by atoms with Crippen LogP contribution in [0.15, 0.2) is 35.7 Å². The first-order valence-electron chi connectivity index (χ1n) is 6.76. The summed E-state index contributed by atoms with van der Waals surface area (Å²) in [4.78, 5) is 16.5. The number of thioether (sulfide) groups is 1. The lowest BCUT2D eigenvalue weighted by atomic mass is 10.0. The van der Waals surface area contributed by atoms with Crippen molar-refractivity contribution in [1.29, 1.82) is 0 Å². The van der Waals surface area contributed by atoms with E-state index in [-0.39, 0.29) is 12.5 Å². The van der Waals surface area contributed by atoms with Gasteiger partial charge < -0.3 is 10.4 Å². The van der Waals surface area contributed by atoms with Crippen LogP contribution in [0.2, 0.25) is 0 Å². The monoisotopic (exact) mass is 320 g/mol. The summed E-state index contributed by atoms with van der Waals surface area (Å²) in [6.45, 7) is 0.289. The van der Waals surface area contributed by atoms with Gasteiger partial charge in [0.2, 0.25) is 0 Å². The maximum atomic E-state index is 12.1. The molecule has 1 aromatic carbocycles. The van der Waals surface area contributed by atoms with Gasteiger partial charge in [-0.3, -0.25) is 4.79 Å². The van der Waals surface area contributed by atoms with Crippen LogP contribution in [0.5, 0.6) is 0 Å². The third-order valence-electron chi connectivity index (χ3n) is 3.42. The molecule has 1 atom stereocenters. The molecule has 0 saturated carbocycles. The number of amides is 1. The lowest BCUT2D eigenvalue weighted by Crippen LogP contribution is -2.43. The average molecular weight is 320 g/mol. The first kappa shape index (κ1) is 14.6. The SMILES string of the molecule is O=C(NC[C@@]1(O)CCSC1)c1csc(-c2ccccc2)n1. The second-order valence-electron chi connectivity index (χ2n) is 5.11. The second kappa shape index (κ2) is 6.17. The van der Waals surface area contributed by atoms with Gasteiger partial charge in [-0.15, -0.1) is 11.3 Å². The predicted molar refractivity (Wildman–Crippen MR) is 86.8 cm³/mol. The number of thiazole rings is 1. The number of aliphatic hydroxyl groups is 1. The zero-order chi connectivity index (χ0) is 14.7. The van der Waals surface area contributed by atoms with Crippen LogP contribution >= 0.6 is 23.1 Å². The maximum Gasteiger partial charge on any atom is 0.270 e. The Bertz CT molecular complexity index is 622. The Morgan fingerprint density at radius 1 is 1.38 bits per heavy atom. The van der Waals surface area contributed by atoms with Crippen molar-refractivity contribution in [3.63, 3.8) is 0 Å². The van der Waals surface area contributed by atoms with E-state index in [2.05, 4.69) is 10.3 Å². The molecule has 2 aromatic rings. The van der Waals surface area contributed by atoms with Gasteiger partial charge in [-0.05, 0) is 12.2 Å². The minimum absolute atomic E-state index is 0.223. The number of aromatic nitrogens is 1. The van der Waals surface area contributed by atoms with Crippen LogP contribution in [-0.4, -0.2) is 39.6 Å².